The van der Waals surface area contributed by atoms with Crippen molar-refractivity contribution in [3.63, 3.8) is 0 Å². The Hall–Kier alpha value is -1.10. The second-order valence-electron chi connectivity index (χ2n) is 5.60. The number of hydrogen-bond donors (Lipinski definition) is 0. The van der Waals surface area contributed by atoms with E-state index in [0.717, 1.165) is 25.7 Å². The van der Waals surface area contributed by atoms with Gasteiger partial charge in [-0.1, -0.05) is 6.92 Å². The van der Waals surface area contributed by atoms with Gasteiger partial charge in [-0.25, -0.2) is 4.79 Å². The lowest BCUT2D eigenvalue weighted by Crippen LogP contribution is -2.54. The van der Waals surface area contributed by atoms with Crippen LogP contribution in [0.25, 0.3) is 0 Å². The molecular formula is C14H23NO4. The van der Waals surface area contributed by atoms with E-state index in [4.69, 9.17) is 9.47 Å². The highest BCUT2D eigenvalue weighted by Gasteiger charge is 2.37. The van der Waals surface area contributed by atoms with E-state index in [1.807, 2.05) is 0 Å². The molecule has 2 fully saturated rings. The molecule has 0 aromatic rings. The normalized spacial score (nSPS) is 31.9. The topological polar surface area (TPSA) is 55.8 Å². The average molecular weight is 269 g/mol. The zero-order valence-corrected chi connectivity index (χ0v) is 11.8. The van der Waals surface area contributed by atoms with Crippen LogP contribution in [0.2, 0.25) is 0 Å². The first-order valence-corrected chi connectivity index (χ1v) is 7.09. The van der Waals surface area contributed by atoms with Crippen LogP contribution in [0, 0.1) is 11.8 Å². The number of rotatable bonds is 2. The Balaban J connectivity index is 2.01. The fourth-order valence-electron chi connectivity index (χ4n) is 2.94. The summed E-state index contributed by atoms with van der Waals surface area (Å²) in [6.07, 6.45) is 4.07. The van der Waals surface area contributed by atoms with E-state index in [1.54, 1.807) is 4.90 Å². The van der Waals surface area contributed by atoms with E-state index >= 15 is 0 Å². The van der Waals surface area contributed by atoms with Crippen molar-refractivity contribution in [2.45, 2.75) is 38.6 Å². The molecule has 1 atom stereocenters. The monoisotopic (exact) mass is 269 g/mol. The number of amides is 1. The van der Waals surface area contributed by atoms with Gasteiger partial charge in [-0.05, 0) is 31.6 Å². The van der Waals surface area contributed by atoms with E-state index in [9.17, 15) is 9.59 Å². The Bertz CT molecular complexity index is 336. The molecule has 19 heavy (non-hydrogen) atoms. The maximum absolute atomic E-state index is 12.6. The molecule has 0 N–H and O–H groups in total. The first-order chi connectivity index (χ1) is 9.13. The maximum Gasteiger partial charge on any atom is 0.331 e. The Morgan fingerprint density at radius 3 is 2.53 bits per heavy atom. The summed E-state index contributed by atoms with van der Waals surface area (Å²) in [5.74, 6) is 0.509. The Morgan fingerprint density at radius 1 is 1.21 bits per heavy atom. The SMILES string of the molecule is COC(=O)C1COCCN1C(=O)C1CCC(C)CC1. The second-order valence-corrected chi connectivity index (χ2v) is 5.60. The highest BCUT2D eigenvalue weighted by atomic mass is 16.5. The summed E-state index contributed by atoms with van der Waals surface area (Å²) >= 11 is 0. The summed E-state index contributed by atoms with van der Waals surface area (Å²) in [5, 5.41) is 0. The number of hydrogen-bond acceptors (Lipinski definition) is 4. The van der Waals surface area contributed by atoms with Gasteiger partial charge in [-0.3, -0.25) is 4.79 Å². The molecule has 1 amide bonds. The zero-order valence-electron chi connectivity index (χ0n) is 11.8. The Labute approximate surface area is 114 Å². The largest absolute Gasteiger partial charge is 0.467 e. The Morgan fingerprint density at radius 2 is 1.89 bits per heavy atom. The van der Waals surface area contributed by atoms with Gasteiger partial charge in [0, 0.05) is 12.5 Å². The van der Waals surface area contributed by atoms with E-state index < -0.39 is 6.04 Å². The predicted octanol–water partition coefficient (Wildman–Crippen LogP) is 1.21. The fourth-order valence-corrected chi connectivity index (χ4v) is 2.94. The molecule has 5 heteroatoms. The lowest BCUT2D eigenvalue weighted by atomic mass is 9.82. The molecule has 1 unspecified atom stereocenters. The van der Waals surface area contributed by atoms with Crippen LogP contribution in [0.5, 0.6) is 0 Å². The molecule has 1 saturated carbocycles. The van der Waals surface area contributed by atoms with Gasteiger partial charge >= 0.3 is 5.97 Å². The second kappa shape index (κ2) is 6.37. The smallest absolute Gasteiger partial charge is 0.331 e. The van der Waals surface area contributed by atoms with Crippen molar-refractivity contribution >= 4 is 11.9 Å². The molecule has 1 aliphatic carbocycles. The van der Waals surface area contributed by atoms with Crippen molar-refractivity contribution < 1.29 is 19.1 Å². The number of methoxy groups -OCH3 is 1. The minimum Gasteiger partial charge on any atom is -0.467 e. The van der Waals surface area contributed by atoms with Crippen LogP contribution in [0.4, 0.5) is 0 Å². The number of ether oxygens (including phenoxy) is 2. The van der Waals surface area contributed by atoms with Crippen molar-refractivity contribution in [2.75, 3.05) is 26.9 Å². The molecule has 0 radical (unpaired) electrons. The molecule has 0 aromatic carbocycles. The fraction of sp³-hybridized carbons (Fsp3) is 0.857. The van der Waals surface area contributed by atoms with Crippen molar-refractivity contribution in [1.29, 1.82) is 0 Å². The first kappa shape index (κ1) is 14.3. The van der Waals surface area contributed by atoms with E-state index in [1.165, 1.54) is 7.11 Å². The minimum atomic E-state index is -0.564. The third-order valence-corrected chi connectivity index (χ3v) is 4.25. The van der Waals surface area contributed by atoms with Crippen LogP contribution < -0.4 is 0 Å². The summed E-state index contributed by atoms with van der Waals surface area (Å²) in [4.78, 5) is 25.9. The van der Waals surface area contributed by atoms with Crippen molar-refractivity contribution in [3.8, 4) is 0 Å². The minimum absolute atomic E-state index is 0.0708. The van der Waals surface area contributed by atoms with Crippen LogP contribution in [0.1, 0.15) is 32.6 Å². The molecule has 108 valence electrons. The maximum atomic E-state index is 12.6. The number of carbonyl (C=O) groups excluding carboxylic acids is 2. The summed E-state index contributed by atoms with van der Waals surface area (Å²) < 4.78 is 10.1. The van der Waals surface area contributed by atoms with Crippen molar-refractivity contribution in [3.05, 3.63) is 0 Å². The van der Waals surface area contributed by atoms with Crippen LogP contribution >= 0.6 is 0 Å². The molecule has 0 aromatic heterocycles. The van der Waals surface area contributed by atoms with Gasteiger partial charge in [0.2, 0.25) is 5.91 Å². The van der Waals surface area contributed by atoms with Gasteiger partial charge in [0.05, 0.1) is 20.3 Å². The van der Waals surface area contributed by atoms with E-state index in [0.29, 0.717) is 19.1 Å². The molecule has 1 heterocycles. The molecule has 2 aliphatic rings. The molecule has 1 saturated heterocycles. The molecular weight excluding hydrogens is 246 g/mol. The van der Waals surface area contributed by atoms with E-state index in [-0.39, 0.29) is 24.4 Å². The van der Waals surface area contributed by atoms with Crippen molar-refractivity contribution in [2.24, 2.45) is 11.8 Å². The standard InChI is InChI=1S/C14H23NO4/c1-10-3-5-11(6-4-10)13(16)15-7-8-19-9-12(15)14(17)18-2/h10-12H,3-9H2,1-2H3. The van der Waals surface area contributed by atoms with Gasteiger partial charge < -0.3 is 14.4 Å². The lowest BCUT2D eigenvalue weighted by Gasteiger charge is -2.37. The van der Waals surface area contributed by atoms with Crippen LogP contribution in [0.15, 0.2) is 0 Å². The van der Waals surface area contributed by atoms with Gasteiger partial charge in [0.25, 0.3) is 0 Å². The quantitative estimate of drug-likeness (QED) is 0.707. The molecule has 1 aliphatic heterocycles. The molecule has 0 spiro atoms. The summed E-state index contributed by atoms with van der Waals surface area (Å²) in [5.41, 5.74) is 0. The highest BCUT2D eigenvalue weighted by Crippen LogP contribution is 2.30. The highest BCUT2D eigenvalue weighted by molar-refractivity contribution is 5.86. The van der Waals surface area contributed by atoms with Crippen molar-refractivity contribution in [1.82, 2.24) is 4.90 Å². The number of nitrogens with zero attached hydrogens (tertiary/aromatic N) is 1. The average Bonchev–Trinajstić information content (AvgIpc) is 2.46. The molecule has 5 nitrogen and oxygen atoms in total. The number of morpholine rings is 1. The molecule has 2 rings (SSSR count). The summed E-state index contributed by atoms with van der Waals surface area (Å²) in [6.45, 7) is 3.47. The lowest BCUT2D eigenvalue weighted by molar-refractivity contribution is -0.163. The zero-order chi connectivity index (χ0) is 13.8. The van der Waals surface area contributed by atoms with Crippen LogP contribution in [0.3, 0.4) is 0 Å². The van der Waals surface area contributed by atoms with Crippen LogP contribution in [-0.4, -0.2) is 49.7 Å². The number of esters is 1. The summed E-state index contributed by atoms with van der Waals surface area (Å²) in [6, 6.07) is -0.564. The van der Waals surface area contributed by atoms with E-state index in [2.05, 4.69) is 6.92 Å². The summed E-state index contributed by atoms with van der Waals surface area (Å²) in [7, 11) is 1.35. The van der Waals surface area contributed by atoms with Gasteiger partial charge in [-0.15, -0.1) is 0 Å². The van der Waals surface area contributed by atoms with Crippen LogP contribution in [-0.2, 0) is 19.1 Å². The van der Waals surface area contributed by atoms with Gasteiger partial charge in [0.1, 0.15) is 0 Å². The van der Waals surface area contributed by atoms with Gasteiger partial charge in [-0.2, -0.15) is 0 Å². The molecule has 0 bridgehead atoms. The number of carbonyl (C=O) groups is 2. The Kier molecular flexibility index (Phi) is 4.80. The predicted molar refractivity (Wildman–Crippen MR) is 69.5 cm³/mol. The van der Waals surface area contributed by atoms with Gasteiger partial charge in [0.15, 0.2) is 6.04 Å². The third kappa shape index (κ3) is 3.26. The third-order valence-electron chi connectivity index (χ3n) is 4.25. The first-order valence-electron chi connectivity index (χ1n) is 7.09.